The van der Waals surface area contributed by atoms with Gasteiger partial charge in [0.2, 0.25) is 0 Å². The minimum absolute atomic E-state index is 0.143. The molecule has 0 aliphatic heterocycles. The molecule has 130 valence electrons. The molecule has 0 spiro atoms. The Morgan fingerprint density at radius 1 is 1.12 bits per heavy atom. The average molecular weight is 345 g/mol. The quantitative estimate of drug-likeness (QED) is 0.453. The second-order valence-electron chi connectivity index (χ2n) is 5.16. The van der Waals surface area contributed by atoms with E-state index in [9.17, 15) is 25.0 Å². The minimum atomic E-state index is -0.693. The molecular weight excluding hydrogens is 328 g/mol. The van der Waals surface area contributed by atoms with Crippen LogP contribution in [0.2, 0.25) is 0 Å². The van der Waals surface area contributed by atoms with Crippen molar-refractivity contribution in [1.82, 2.24) is 4.90 Å². The van der Waals surface area contributed by atoms with Crippen molar-refractivity contribution in [2.75, 3.05) is 13.1 Å². The number of pyridine rings is 1. The zero-order valence-corrected chi connectivity index (χ0v) is 13.8. The number of hydrogen-bond acceptors (Lipinski definition) is 5. The lowest BCUT2D eigenvalue weighted by Crippen LogP contribution is -2.35. The third kappa shape index (κ3) is 3.77. The van der Waals surface area contributed by atoms with Crippen molar-refractivity contribution >= 4 is 17.3 Å². The van der Waals surface area contributed by atoms with Gasteiger partial charge in [0.25, 0.3) is 17.3 Å². The molecule has 0 saturated heterocycles. The summed E-state index contributed by atoms with van der Waals surface area (Å²) in [6.07, 6.45) is 3.03. The van der Waals surface area contributed by atoms with Gasteiger partial charge in [-0.05, 0) is 19.9 Å². The number of nitro groups is 2. The maximum atomic E-state index is 12.4. The first kappa shape index (κ1) is 18.0. The summed E-state index contributed by atoms with van der Waals surface area (Å²) in [4.78, 5) is 34.8. The maximum Gasteiger partial charge on any atom is 0.347 e. The smallest absolute Gasteiger partial charge is 0.339 e. The highest BCUT2D eigenvalue weighted by Gasteiger charge is 2.27. The van der Waals surface area contributed by atoms with Gasteiger partial charge in [0.05, 0.1) is 9.85 Å². The van der Waals surface area contributed by atoms with Crippen molar-refractivity contribution < 1.29 is 19.2 Å². The van der Waals surface area contributed by atoms with Gasteiger partial charge in [-0.15, -0.1) is 0 Å². The lowest BCUT2D eigenvalue weighted by Gasteiger charge is -2.17. The Kier molecular flexibility index (Phi) is 5.38. The maximum absolute atomic E-state index is 12.4. The molecule has 2 rings (SSSR count). The highest BCUT2D eigenvalue weighted by molar-refractivity contribution is 5.93. The first-order chi connectivity index (χ1) is 11.9. The molecule has 1 amide bonds. The van der Waals surface area contributed by atoms with Crippen LogP contribution in [0.15, 0.2) is 42.7 Å². The number of nitrogens with zero attached hydrogens (tertiary/aromatic N) is 4. The SMILES string of the molecule is CCN(CC)C(=O)c1ccc[n+](-c2ccc([N+](=O)[O-])cc2[N+](=O)[O-])c1. The van der Waals surface area contributed by atoms with Crippen molar-refractivity contribution in [2.24, 2.45) is 0 Å². The number of carbonyl (C=O) groups excluding carboxylic acids is 1. The molecule has 0 bridgehead atoms. The second-order valence-corrected chi connectivity index (χ2v) is 5.16. The lowest BCUT2D eigenvalue weighted by atomic mass is 10.2. The highest BCUT2D eigenvalue weighted by Crippen LogP contribution is 2.24. The number of hydrogen-bond donors (Lipinski definition) is 0. The van der Waals surface area contributed by atoms with Gasteiger partial charge in [0.1, 0.15) is 11.6 Å². The Balaban J connectivity index is 2.52. The molecule has 0 fully saturated rings. The predicted molar refractivity (Wildman–Crippen MR) is 88.5 cm³/mol. The van der Waals surface area contributed by atoms with E-state index in [2.05, 4.69) is 0 Å². The van der Waals surface area contributed by atoms with E-state index in [4.69, 9.17) is 0 Å². The van der Waals surface area contributed by atoms with Gasteiger partial charge >= 0.3 is 5.69 Å². The summed E-state index contributed by atoms with van der Waals surface area (Å²) in [7, 11) is 0. The molecule has 9 nitrogen and oxygen atoms in total. The molecular formula is C16H17N4O5+. The van der Waals surface area contributed by atoms with E-state index in [0.29, 0.717) is 18.7 Å². The van der Waals surface area contributed by atoms with Crippen LogP contribution in [0.4, 0.5) is 11.4 Å². The molecule has 2 aromatic rings. The molecule has 0 radical (unpaired) electrons. The van der Waals surface area contributed by atoms with Crippen molar-refractivity contribution in [2.45, 2.75) is 13.8 Å². The number of rotatable bonds is 6. The average Bonchev–Trinajstić information content (AvgIpc) is 2.62. The first-order valence-electron chi connectivity index (χ1n) is 7.62. The molecule has 1 heterocycles. The molecule has 0 aliphatic carbocycles. The Morgan fingerprint density at radius 2 is 1.80 bits per heavy atom. The fourth-order valence-electron chi connectivity index (χ4n) is 2.44. The van der Waals surface area contributed by atoms with Gasteiger partial charge < -0.3 is 4.90 Å². The largest absolute Gasteiger partial charge is 0.347 e. The summed E-state index contributed by atoms with van der Waals surface area (Å²) in [5, 5.41) is 22.1. The van der Waals surface area contributed by atoms with Crippen LogP contribution < -0.4 is 4.57 Å². The van der Waals surface area contributed by atoms with Gasteiger partial charge in [-0.2, -0.15) is 4.57 Å². The first-order valence-corrected chi connectivity index (χ1v) is 7.62. The third-order valence-corrected chi connectivity index (χ3v) is 3.74. The van der Waals surface area contributed by atoms with Crippen LogP contribution in [0, 0.1) is 20.2 Å². The van der Waals surface area contributed by atoms with E-state index in [-0.39, 0.29) is 17.3 Å². The fraction of sp³-hybridized carbons (Fsp3) is 0.250. The minimum Gasteiger partial charge on any atom is -0.339 e. The van der Waals surface area contributed by atoms with Crippen LogP contribution in [0.5, 0.6) is 0 Å². The van der Waals surface area contributed by atoms with Crippen LogP contribution in [-0.2, 0) is 0 Å². The third-order valence-electron chi connectivity index (χ3n) is 3.74. The fourth-order valence-corrected chi connectivity index (χ4v) is 2.44. The summed E-state index contributed by atoms with van der Waals surface area (Å²) in [5.41, 5.74) is -0.262. The van der Waals surface area contributed by atoms with E-state index in [1.54, 1.807) is 23.2 Å². The van der Waals surface area contributed by atoms with Crippen LogP contribution in [0.25, 0.3) is 5.69 Å². The van der Waals surface area contributed by atoms with E-state index in [1.165, 1.54) is 22.9 Å². The van der Waals surface area contributed by atoms with Crippen molar-refractivity contribution in [1.29, 1.82) is 0 Å². The molecule has 1 aromatic heterocycles. The summed E-state index contributed by atoms with van der Waals surface area (Å²) in [5.74, 6) is -0.191. The number of carbonyl (C=O) groups is 1. The molecule has 0 saturated carbocycles. The van der Waals surface area contributed by atoms with Gasteiger partial charge in [-0.1, -0.05) is 0 Å². The molecule has 9 heteroatoms. The van der Waals surface area contributed by atoms with Gasteiger partial charge in [0, 0.05) is 31.3 Å². The summed E-state index contributed by atoms with van der Waals surface area (Å²) < 4.78 is 1.42. The van der Waals surface area contributed by atoms with E-state index in [0.717, 1.165) is 6.07 Å². The standard InChI is InChI=1S/C16H17N4O5/c1-3-17(4-2)16(21)12-6-5-9-18(11-12)14-8-7-13(19(22)23)10-15(14)20(24)25/h5-11H,3-4H2,1-2H3/q+1. The van der Waals surface area contributed by atoms with Crippen molar-refractivity contribution in [3.8, 4) is 5.69 Å². The monoisotopic (exact) mass is 345 g/mol. The molecule has 0 unspecified atom stereocenters. The highest BCUT2D eigenvalue weighted by atomic mass is 16.6. The van der Waals surface area contributed by atoms with E-state index >= 15 is 0 Å². The van der Waals surface area contributed by atoms with Gasteiger partial charge in [-0.3, -0.25) is 25.0 Å². The second kappa shape index (κ2) is 7.47. The predicted octanol–water partition coefficient (Wildman–Crippen LogP) is 2.26. The summed E-state index contributed by atoms with van der Waals surface area (Å²) in [6.45, 7) is 4.81. The van der Waals surface area contributed by atoms with Crippen LogP contribution >= 0.6 is 0 Å². The zero-order chi connectivity index (χ0) is 18.6. The number of amides is 1. The van der Waals surface area contributed by atoms with Crippen molar-refractivity contribution in [3.63, 3.8) is 0 Å². The zero-order valence-electron chi connectivity index (χ0n) is 13.8. The number of benzene rings is 1. The topological polar surface area (TPSA) is 110 Å². The van der Waals surface area contributed by atoms with Gasteiger partial charge in [0.15, 0.2) is 12.4 Å². The Morgan fingerprint density at radius 3 is 2.36 bits per heavy atom. The Labute approximate surface area is 143 Å². The van der Waals surface area contributed by atoms with Gasteiger partial charge in [-0.25, -0.2) is 0 Å². The summed E-state index contributed by atoms with van der Waals surface area (Å²) in [6, 6.07) is 6.60. The molecule has 1 aromatic carbocycles. The van der Waals surface area contributed by atoms with Crippen LogP contribution in [0.1, 0.15) is 24.2 Å². The molecule has 0 aliphatic rings. The molecule has 0 N–H and O–H groups in total. The van der Waals surface area contributed by atoms with E-state index < -0.39 is 15.5 Å². The van der Waals surface area contributed by atoms with E-state index in [1.807, 2.05) is 13.8 Å². The molecule has 25 heavy (non-hydrogen) atoms. The lowest BCUT2D eigenvalue weighted by molar-refractivity contribution is -0.601. The molecule has 0 atom stereocenters. The van der Waals surface area contributed by atoms with Crippen molar-refractivity contribution in [3.05, 3.63) is 68.5 Å². The Hall–Kier alpha value is -3.36. The number of non-ortho nitro benzene ring substituents is 1. The van der Waals surface area contributed by atoms with Crippen LogP contribution in [0.3, 0.4) is 0 Å². The normalized spacial score (nSPS) is 10.3. The van der Waals surface area contributed by atoms with Crippen LogP contribution in [-0.4, -0.2) is 33.7 Å². The Bertz CT molecular complexity index is 833. The summed E-state index contributed by atoms with van der Waals surface area (Å²) >= 11 is 0. The number of aromatic nitrogens is 1. The number of nitro benzene ring substituents is 2.